The highest BCUT2D eigenvalue weighted by Gasteiger charge is 2.45. The van der Waals surface area contributed by atoms with Gasteiger partial charge < -0.3 is 40.2 Å². The predicted octanol–water partition coefficient (Wildman–Crippen LogP) is 4.71. The number of alkyl carbamates (subject to hydrolysis) is 2. The van der Waals surface area contributed by atoms with Crippen LogP contribution < -0.4 is 16.0 Å². The number of aromatic nitrogens is 2. The molecule has 14 nitrogen and oxygen atoms in total. The fraction of sp³-hybridized carbons (Fsp3) is 0.487. The molecule has 280 valence electrons. The third-order valence-corrected chi connectivity index (χ3v) is 11.1. The van der Waals surface area contributed by atoms with Gasteiger partial charge in [0.2, 0.25) is 11.8 Å². The van der Waals surface area contributed by atoms with Crippen LogP contribution in [0.15, 0.2) is 59.7 Å². The summed E-state index contributed by atoms with van der Waals surface area (Å²) in [4.78, 5) is 67.3. The van der Waals surface area contributed by atoms with Crippen LogP contribution in [0.2, 0.25) is 0 Å². The van der Waals surface area contributed by atoms with Crippen molar-refractivity contribution in [3.63, 3.8) is 0 Å². The summed E-state index contributed by atoms with van der Waals surface area (Å²) >= 11 is 0. The molecule has 1 unspecified atom stereocenters. The minimum Gasteiger partial charge on any atom is -0.453 e. The zero-order chi connectivity index (χ0) is 37.2. The van der Waals surface area contributed by atoms with Crippen LogP contribution in [0.1, 0.15) is 75.8 Å². The van der Waals surface area contributed by atoms with Gasteiger partial charge >= 0.3 is 12.2 Å². The van der Waals surface area contributed by atoms with Gasteiger partial charge in [-0.05, 0) is 66.7 Å². The Labute approximate surface area is 309 Å². The molecular formula is C39H48N8O6. The van der Waals surface area contributed by atoms with Crippen molar-refractivity contribution in [2.45, 2.75) is 88.6 Å². The SMILES string of the molecule is COC(=O)N[C@H]1CC[C@H]2CC[C@@H](c3ncc(-c4ccc(-c5ccc(C6CN=C([C@@H]7CCCN7C(=O)[C@@H](NC(=O)OC)C(C)C)N6)cc5)cc4)[nH]3)N2C1=O. The van der Waals surface area contributed by atoms with E-state index in [-0.39, 0.29) is 41.9 Å². The molecule has 14 heteroatoms. The van der Waals surface area contributed by atoms with Crippen LogP contribution in [-0.2, 0) is 19.1 Å². The maximum Gasteiger partial charge on any atom is 0.407 e. The molecule has 3 aromatic rings. The van der Waals surface area contributed by atoms with Gasteiger partial charge in [-0.2, -0.15) is 0 Å². The number of rotatable bonds is 9. The number of aromatic amines is 1. The van der Waals surface area contributed by atoms with Gasteiger partial charge in [0, 0.05) is 12.6 Å². The molecule has 4 aliphatic heterocycles. The maximum atomic E-state index is 13.5. The Hall–Kier alpha value is -5.40. The number of methoxy groups -OCH3 is 2. The fourth-order valence-electron chi connectivity index (χ4n) is 8.21. The zero-order valence-electron chi connectivity index (χ0n) is 30.6. The Bertz CT molecular complexity index is 1860. The molecule has 0 aliphatic carbocycles. The molecule has 6 atom stereocenters. The number of fused-ring (bicyclic) bond motifs is 1. The van der Waals surface area contributed by atoms with Crippen molar-refractivity contribution in [3.05, 3.63) is 66.1 Å². The molecule has 7 rings (SSSR count). The number of carbonyl (C=O) groups is 4. The molecule has 53 heavy (non-hydrogen) atoms. The van der Waals surface area contributed by atoms with Crippen molar-refractivity contribution in [2.24, 2.45) is 10.9 Å². The lowest BCUT2D eigenvalue weighted by Crippen LogP contribution is -2.54. The quantitative estimate of drug-likeness (QED) is 0.246. The maximum absolute atomic E-state index is 13.5. The monoisotopic (exact) mass is 724 g/mol. The summed E-state index contributed by atoms with van der Waals surface area (Å²) in [5.74, 6) is 1.28. The van der Waals surface area contributed by atoms with Crippen LogP contribution in [0.3, 0.4) is 0 Å². The van der Waals surface area contributed by atoms with E-state index in [2.05, 4.69) is 74.4 Å². The average Bonchev–Trinajstić information content (AvgIpc) is 4.01. The van der Waals surface area contributed by atoms with E-state index in [4.69, 9.17) is 14.5 Å². The minimum absolute atomic E-state index is 0.00742. The second kappa shape index (κ2) is 15.3. The van der Waals surface area contributed by atoms with Gasteiger partial charge in [-0.25, -0.2) is 14.6 Å². The number of ether oxygens (including phenoxy) is 2. The summed E-state index contributed by atoms with van der Waals surface area (Å²) < 4.78 is 9.48. The molecule has 3 saturated heterocycles. The molecule has 2 aromatic carbocycles. The number of amides is 4. The number of amidine groups is 1. The molecule has 4 N–H and O–H groups in total. The van der Waals surface area contributed by atoms with Crippen LogP contribution in [0.25, 0.3) is 22.4 Å². The minimum atomic E-state index is -0.668. The van der Waals surface area contributed by atoms with Crippen LogP contribution in [0.4, 0.5) is 9.59 Å². The van der Waals surface area contributed by atoms with Crippen molar-refractivity contribution >= 4 is 29.8 Å². The number of imidazole rings is 1. The number of nitrogens with one attached hydrogen (secondary N) is 4. The second-order valence-electron chi connectivity index (χ2n) is 14.6. The van der Waals surface area contributed by atoms with Crippen LogP contribution >= 0.6 is 0 Å². The van der Waals surface area contributed by atoms with Gasteiger partial charge in [-0.1, -0.05) is 62.4 Å². The standard InChI is InChI=1S/C39H48N8O6/c1-22(2)33(45-39(51)53-4)37(49)46-19-5-6-31(46)34-40-20-29(42-34)25-11-7-23(8-12-25)24-9-13-26(14-10-24)30-21-41-35(43-30)32-18-16-27-15-17-28(36(48)47(27)32)44-38(50)52-3/h7-14,21-22,27-29,31-33H,5-6,15-20H2,1-4H3,(H,40,42)(H,41,43)(H,44,50)(H,45,51)/t27-,28-,29?,31-,32-,33-/m0/s1. The molecule has 0 bridgehead atoms. The fourth-order valence-corrected chi connectivity index (χ4v) is 8.21. The molecule has 1 aromatic heterocycles. The number of likely N-dealkylation sites (tertiary alicyclic amines) is 1. The van der Waals surface area contributed by atoms with E-state index >= 15 is 0 Å². The molecule has 3 fully saturated rings. The third kappa shape index (κ3) is 7.31. The molecule has 0 saturated carbocycles. The lowest BCUT2D eigenvalue weighted by atomic mass is 9.98. The van der Waals surface area contributed by atoms with E-state index in [1.807, 2.05) is 29.8 Å². The Morgan fingerprint density at radius 3 is 2.25 bits per heavy atom. The highest BCUT2D eigenvalue weighted by atomic mass is 16.5. The Morgan fingerprint density at radius 2 is 1.55 bits per heavy atom. The summed E-state index contributed by atoms with van der Waals surface area (Å²) in [7, 11) is 2.59. The first-order chi connectivity index (χ1) is 25.6. The Balaban J connectivity index is 0.966. The van der Waals surface area contributed by atoms with E-state index in [1.165, 1.54) is 14.2 Å². The van der Waals surface area contributed by atoms with Crippen LogP contribution in [0, 0.1) is 5.92 Å². The molecule has 4 aliphatic rings. The van der Waals surface area contributed by atoms with Crippen molar-refractivity contribution in [2.75, 3.05) is 27.3 Å². The number of nitrogens with zero attached hydrogens (tertiary/aromatic N) is 4. The van der Waals surface area contributed by atoms with E-state index in [0.29, 0.717) is 19.5 Å². The lowest BCUT2D eigenvalue weighted by Gasteiger charge is -2.37. The average molecular weight is 725 g/mol. The van der Waals surface area contributed by atoms with Gasteiger partial charge in [0.05, 0.1) is 50.8 Å². The Kier molecular flexibility index (Phi) is 10.4. The summed E-state index contributed by atoms with van der Waals surface area (Å²) in [6, 6.07) is 15.4. The topological polar surface area (TPSA) is 170 Å². The lowest BCUT2D eigenvalue weighted by molar-refractivity contribution is -0.139. The number of aliphatic imine (C=N–C) groups is 1. The van der Waals surface area contributed by atoms with E-state index in [0.717, 1.165) is 71.7 Å². The van der Waals surface area contributed by atoms with Gasteiger partial charge in [0.1, 0.15) is 23.7 Å². The summed E-state index contributed by atoms with van der Waals surface area (Å²) in [5, 5.41) is 8.97. The highest BCUT2D eigenvalue weighted by Crippen LogP contribution is 2.40. The molecule has 5 heterocycles. The predicted molar refractivity (Wildman–Crippen MR) is 198 cm³/mol. The number of hydrogen-bond donors (Lipinski definition) is 4. The van der Waals surface area contributed by atoms with E-state index in [1.54, 1.807) is 0 Å². The van der Waals surface area contributed by atoms with Crippen LogP contribution in [0.5, 0.6) is 0 Å². The summed E-state index contributed by atoms with van der Waals surface area (Å²) in [5.41, 5.74) is 5.16. The van der Waals surface area contributed by atoms with Crippen molar-refractivity contribution in [3.8, 4) is 22.4 Å². The zero-order valence-corrected chi connectivity index (χ0v) is 30.6. The Morgan fingerprint density at radius 1 is 0.868 bits per heavy atom. The first-order valence-corrected chi connectivity index (χ1v) is 18.5. The first kappa shape index (κ1) is 36.0. The molecule has 4 amide bonds. The number of piperidine rings is 1. The summed E-state index contributed by atoms with van der Waals surface area (Å²) in [6.07, 6.45) is 5.47. The molecule has 0 radical (unpaired) electrons. The van der Waals surface area contributed by atoms with Crippen molar-refractivity contribution in [1.29, 1.82) is 0 Å². The number of H-pyrrole nitrogens is 1. The first-order valence-electron chi connectivity index (χ1n) is 18.5. The van der Waals surface area contributed by atoms with E-state index in [9.17, 15) is 19.2 Å². The van der Waals surface area contributed by atoms with Crippen molar-refractivity contribution in [1.82, 2.24) is 35.7 Å². The third-order valence-electron chi connectivity index (χ3n) is 11.1. The largest absolute Gasteiger partial charge is 0.453 e. The van der Waals surface area contributed by atoms with Gasteiger partial charge in [0.15, 0.2) is 0 Å². The smallest absolute Gasteiger partial charge is 0.407 e. The number of benzene rings is 2. The van der Waals surface area contributed by atoms with E-state index < -0.39 is 24.3 Å². The van der Waals surface area contributed by atoms with Gasteiger partial charge in [0.25, 0.3) is 0 Å². The summed E-state index contributed by atoms with van der Waals surface area (Å²) in [6.45, 7) is 5.02. The molecular weight excluding hydrogens is 676 g/mol. The van der Waals surface area contributed by atoms with Crippen LogP contribution in [-0.4, -0.2) is 101 Å². The van der Waals surface area contributed by atoms with Crippen molar-refractivity contribution < 1.29 is 28.7 Å². The number of hydrogen-bond acceptors (Lipinski definition) is 9. The molecule has 0 spiro atoms. The van der Waals surface area contributed by atoms with Gasteiger partial charge in [-0.3, -0.25) is 14.6 Å². The number of carbonyl (C=O) groups excluding carboxylic acids is 4. The van der Waals surface area contributed by atoms with Gasteiger partial charge in [-0.15, -0.1) is 0 Å². The normalized spacial score (nSPS) is 24.4. The second-order valence-corrected chi connectivity index (χ2v) is 14.6. The highest BCUT2D eigenvalue weighted by molar-refractivity contribution is 5.95.